The summed E-state index contributed by atoms with van der Waals surface area (Å²) in [5.74, 6) is -4.13. The van der Waals surface area contributed by atoms with Gasteiger partial charge in [-0.15, -0.1) is 0 Å². The summed E-state index contributed by atoms with van der Waals surface area (Å²) in [6.07, 6.45) is -1.19. The molecule has 1 fully saturated rings. The van der Waals surface area contributed by atoms with Gasteiger partial charge in [-0.05, 0) is 35.7 Å². The van der Waals surface area contributed by atoms with E-state index in [1.54, 1.807) is 12.1 Å². The molecule has 198 valence electrons. The van der Waals surface area contributed by atoms with Crippen molar-refractivity contribution in [1.29, 1.82) is 0 Å². The number of β-amino-alcohol motifs (C(OH)–C–C–N with tert-alkyl or cyclic N) is 1. The van der Waals surface area contributed by atoms with E-state index in [1.165, 1.54) is 0 Å². The van der Waals surface area contributed by atoms with Crippen LogP contribution in [0.2, 0.25) is 5.02 Å². The Kier molecular flexibility index (Phi) is 9.23. The highest BCUT2D eigenvalue weighted by Crippen LogP contribution is 2.40. The molecule has 1 heterocycles. The molecule has 5 nitrogen and oxygen atoms in total. The van der Waals surface area contributed by atoms with Crippen LogP contribution >= 0.6 is 11.6 Å². The topological polar surface area (TPSA) is 62.2 Å². The molecule has 2 N–H and O–H groups in total. The van der Waals surface area contributed by atoms with Crippen molar-refractivity contribution in [3.8, 4) is 0 Å². The normalized spacial score (nSPS) is 21.2. The maximum Gasteiger partial charge on any atom is 0.194 e. The molecule has 1 saturated heterocycles. The Hall–Kier alpha value is -2.46. The highest BCUT2D eigenvalue weighted by atomic mass is 35.5. The number of piperidine rings is 1. The third kappa shape index (κ3) is 6.52. The van der Waals surface area contributed by atoms with E-state index in [0.29, 0.717) is 18.0 Å². The fourth-order valence-electron chi connectivity index (χ4n) is 4.63. The summed E-state index contributed by atoms with van der Waals surface area (Å²) in [4.78, 5) is 1.92. The van der Waals surface area contributed by atoms with Crippen LogP contribution in [-0.4, -0.2) is 53.6 Å². The second-order valence-electron chi connectivity index (χ2n) is 9.15. The Labute approximate surface area is 219 Å². The van der Waals surface area contributed by atoms with Gasteiger partial charge in [0.15, 0.2) is 17.5 Å². The molecule has 37 heavy (non-hydrogen) atoms. The third-order valence-electron chi connectivity index (χ3n) is 6.65. The van der Waals surface area contributed by atoms with Gasteiger partial charge in [-0.25, -0.2) is 13.2 Å². The lowest BCUT2D eigenvalue weighted by atomic mass is 9.81. The second kappa shape index (κ2) is 12.4. The van der Waals surface area contributed by atoms with Gasteiger partial charge in [-0.1, -0.05) is 60.1 Å². The zero-order valence-electron chi connectivity index (χ0n) is 20.1. The molecule has 3 aromatic rings. The van der Waals surface area contributed by atoms with Crippen LogP contribution in [0.25, 0.3) is 0 Å². The molecule has 9 heteroatoms. The lowest BCUT2D eigenvalue weighted by molar-refractivity contribution is -0.195. The molecule has 0 aliphatic carbocycles. The molecule has 3 atom stereocenters. The van der Waals surface area contributed by atoms with Gasteiger partial charge < -0.3 is 19.7 Å². The van der Waals surface area contributed by atoms with E-state index in [2.05, 4.69) is 0 Å². The molecule has 4 rings (SSSR count). The minimum Gasteiger partial charge on any atom is -0.394 e. The summed E-state index contributed by atoms with van der Waals surface area (Å²) < 4.78 is 54.6. The summed E-state index contributed by atoms with van der Waals surface area (Å²) in [6.45, 7) is 0.546. The molecule has 1 aliphatic rings. The molecule has 1 unspecified atom stereocenters. The van der Waals surface area contributed by atoms with Crippen LogP contribution < -0.4 is 0 Å². The van der Waals surface area contributed by atoms with Crippen molar-refractivity contribution in [2.75, 3.05) is 26.2 Å². The summed E-state index contributed by atoms with van der Waals surface area (Å²) in [6, 6.07) is 18.8. The van der Waals surface area contributed by atoms with Crippen LogP contribution in [0, 0.1) is 17.5 Å². The summed E-state index contributed by atoms with van der Waals surface area (Å²) in [5.41, 5.74) is 0.626. The number of ether oxygens (including phenoxy) is 2. The quantitative estimate of drug-likeness (QED) is 0.365. The Morgan fingerprint density at radius 3 is 2.41 bits per heavy atom. The van der Waals surface area contributed by atoms with E-state index in [1.807, 2.05) is 47.4 Å². The molecule has 0 saturated carbocycles. The first-order valence-corrected chi connectivity index (χ1v) is 12.4. The lowest BCUT2D eigenvalue weighted by Crippen LogP contribution is -2.57. The van der Waals surface area contributed by atoms with E-state index in [0.717, 1.165) is 23.3 Å². The highest BCUT2D eigenvalue weighted by molar-refractivity contribution is 6.30. The van der Waals surface area contributed by atoms with E-state index in [-0.39, 0.29) is 31.9 Å². The summed E-state index contributed by atoms with van der Waals surface area (Å²) >= 11 is 6.15. The number of likely N-dealkylation sites (tertiary alicyclic amines) is 1. The van der Waals surface area contributed by atoms with Crippen molar-refractivity contribution in [2.24, 2.45) is 0 Å². The Balaban J connectivity index is 1.67. The average Bonchev–Trinajstić information content (AvgIpc) is 2.92. The minimum absolute atomic E-state index is 0.125. The van der Waals surface area contributed by atoms with Crippen molar-refractivity contribution < 1.29 is 32.9 Å². The predicted molar refractivity (Wildman–Crippen MR) is 133 cm³/mol. The molecular weight excluding hydrogens is 507 g/mol. The van der Waals surface area contributed by atoms with Crippen LogP contribution in [-0.2, 0) is 28.3 Å². The molecule has 0 aromatic heterocycles. The maximum absolute atomic E-state index is 14.4. The van der Waals surface area contributed by atoms with E-state index < -0.39 is 41.9 Å². The van der Waals surface area contributed by atoms with Gasteiger partial charge in [0.05, 0.1) is 25.9 Å². The zero-order valence-corrected chi connectivity index (χ0v) is 20.9. The largest absolute Gasteiger partial charge is 0.394 e. The first-order chi connectivity index (χ1) is 17.8. The van der Waals surface area contributed by atoms with Gasteiger partial charge >= 0.3 is 0 Å². The Bertz CT molecular complexity index is 1170. The van der Waals surface area contributed by atoms with Gasteiger partial charge in [-0.3, -0.25) is 4.90 Å². The number of rotatable bonds is 10. The smallest absolute Gasteiger partial charge is 0.194 e. The first kappa shape index (κ1) is 27.6. The third-order valence-corrected chi connectivity index (χ3v) is 6.90. The van der Waals surface area contributed by atoms with E-state index >= 15 is 0 Å². The van der Waals surface area contributed by atoms with Crippen molar-refractivity contribution in [2.45, 2.75) is 37.4 Å². The highest BCUT2D eigenvalue weighted by Gasteiger charge is 2.47. The summed E-state index contributed by atoms with van der Waals surface area (Å²) in [7, 11) is 0. The van der Waals surface area contributed by atoms with Crippen LogP contribution in [0.5, 0.6) is 0 Å². The molecule has 0 radical (unpaired) electrons. The predicted octanol–water partition coefficient (Wildman–Crippen LogP) is 4.81. The van der Waals surface area contributed by atoms with Gasteiger partial charge in [0.1, 0.15) is 11.7 Å². The number of benzene rings is 3. The molecule has 0 spiro atoms. The van der Waals surface area contributed by atoms with E-state index in [9.17, 15) is 23.4 Å². The van der Waals surface area contributed by atoms with Crippen LogP contribution in [0.15, 0.2) is 66.7 Å². The Morgan fingerprint density at radius 2 is 1.70 bits per heavy atom. The fraction of sp³-hybridized carbons (Fsp3) is 0.357. The second-order valence-corrected chi connectivity index (χ2v) is 9.59. The number of hydrogen-bond donors (Lipinski definition) is 2. The average molecular weight is 536 g/mol. The number of nitrogens with zero attached hydrogens (tertiary/aromatic N) is 1. The SMILES string of the molecule is OCC(O)CN1CC[C@](OCc2ccccc2)(c2ccc(Cl)cc2)[C@@H](OCc2ccc(F)c(F)c2F)C1. The molecular formula is C28H29ClF3NO4. The number of aliphatic hydroxyl groups is 2. The van der Waals surface area contributed by atoms with Crippen LogP contribution in [0.1, 0.15) is 23.1 Å². The van der Waals surface area contributed by atoms with E-state index in [4.69, 9.17) is 21.1 Å². The summed E-state index contributed by atoms with van der Waals surface area (Å²) in [5, 5.41) is 19.9. The van der Waals surface area contributed by atoms with Crippen LogP contribution in [0.3, 0.4) is 0 Å². The first-order valence-electron chi connectivity index (χ1n) is 12.0. The molecule has 0 bridgehead atoms. The lowest BCUT2D eigenvalue weighted by Gasteiger charge is -2.48. The molecule has 1 aliphatic heterocycles. The standard InChI is InChI=1S/C28H29ClF3NO4/c29-22-9-7-21(8-10-22)28(37-17-19-4-2-1-3-5-19)12-13-33(14-23(35)16-34)15-25(28)36-18-20-6-11-24(30)27(32)26(20)31/h1-11,23,25,34-35H,12-18H2/t23?,25-,28-/m0/s1. The fourth-order valence-corrected chi connectivity index (χ4v) is 4.76. The zero-order chi connectivity index (χ0) is 26.4. The number of halogens is 4. The molecule has 3 aromatic carbocycles. The van der Waals surface area contributed by atoms with Crippen molar-refractivity contribution in [3.63, 3.8) is 0 Å². The number of hydrogen-bond acceptors (Lipinski definition) is 5. The van der Waals surface area contributed by atoms with Crippen molar-refractivity contribution in [3.05, 3.63) is 106 Å². The van der Waals surface area contributed by atoms with Crippen molar-refractivity contribution >= 4 is 11.6 Å². The maximum atomic E-state index is 14.4. The van der Waals surface area contributed by atoms with Crippen LogP contribution in [0.4, 0.5) is 13.2 Å². The number of aliphatic hydroxyl groups excluding tert-OH is 2. The van der Waals surface area contributed by atoms with Gasteiger partial charge in [0.2, 0.25) is 0 Å². The van der Waals surface area contributed by atoms with Gasteiger partial charge in [0.25, 0.3) is 0 Å². The monoisotopic (exact) mass is 535 g/mol. The van der Waals surface area contributed by atoms with Gasteiger partial charge in [-0.2, -0.15) is 0 Å². The minimum atomic E-state index is -1.55. The Morgan fingerprint density at radius 1 is 0.973 bits per heavy atom. The molecule has 0 amide bonds. The van der Waals surface area contributed by atoms with Crippen molar-refractivity contribution in [1.82, 2.24) is 4.90 Å². The van der Waals surface area contributed by atoms with Gasteiger partial charge in [0, 0.05) is 30.2 Å².